The predicted molar refractivity (Wildman–Crippen MR) is 225 cm³/mol. The number of thioether (sulfide) groups is 1. The first-order valence-electron chi connectivity index (χ1n) is 19.8. The Hall–Kier alpha value is -5.03. The van der Waals surface area contributed by atoms with E-state index in [0.717, 1.165) is 87.0 Å². The molecule has 3 N–H and O–H groups in total. The van der Waals surface area contributed by atoms with Crippen LogP contribution in [0.15, 0.2) is 85.3 Å². The van der Waals surface area contributed by atoms with Gasteiger partial charge >= 0.3 is 6.09 Å². The lowest BCUT2D eigenvalue weighted by Crippen LogP contribution is -2.44. The number of hydrogen-bond acceptors (Lipinski definition) is 7. The van der Waals surface area contributed by atoms with Crippen molar-refractivity contribution in [3.8, 4) is 33.6 Å². The van der Waals surface area contributed by atoms with E-state index in [9.17, 15) is 9.59 Å². The van der Waals surface area contributed by atoms with Crippen LogP contribution in [-0.4, -0.2) is 73.7 Å². The van der Waals surface area contributed by atoms with Crippen molar-refractivity contribution in [3.63, 3.8) is 0 Å². The van der Waals surface area contributed by atoms with Crippen molar-refractivity contribution in [2.75, 3.05) is 26.0 Å². The molecule has 4 heterocycles. The molecular formula is C45H53N7O3S. The highest BCUT2D eigenvalue weighted by atomic mass is 32.2. The van der Waals surface area contributed by atoms with E-state index < -0.39 is 6.09 Å². The minimum absolute atomic E-state index is 0.0507. The average molecular weight is 772 g/mol. The zero-order valence-corrected chi connectivity index (χ0v) is 34.1. The molecule has 0 unspecified atom stereocenters. The van der Waals surface area contributed by atoms with Crippen molar-refractivity contribution in [1.82, 2.24) is 35.1 Å². The largest absolute Gasteiger partial charge is 0.453 e. The van der Waals surface area contributed by atoms with E-state index in [1.54, 1.807) is 11.8 Å². The summed E-state index contributed by atoms with van der Waals surface area (Å²) in [5, 5.41) is 5.24. The third kappa shape index (κ3) is 7.70. The van der Waals surface area contributed by atoms with Gasteiger partial charge in [-0.15, -0.1) is 11.8 Å². The number of H-pyrrole nitrogens is 2. The molecule has 3 fully saturated rings. The lowest BCUT2D eigenvalue weighted by atomic mass is 9.91. The predicted octanol–water partition coefficient (Wildman–Crippen LogP) is 9.72. The van der Waals surface area contributed by atoms with E-state index in [0.29, 0.717) is 11.8 Å². The molecule has 3 aliphatic rings. The normalized spacial score (nSPS) is 19.6. The average Bonchev–Trinajstić information content (AvgIpc) is 3.71. The van der Waals surface area contributed by atoms with E-state index in [4.69, 9.17) is 14.7 Å². The molecule has 0 radical (unpaired) electrons. The molecule has 1 saturated carbocycles. The van der Waals surface area contributed by atoms with E-state index in [1.807, 2.05) is 17.3 Å². The number of imidazole rings is 2. The Balaban J connectivity index is 0.961. The van der Waals surface area contributed by atoms with Crippen LogP contribution in [-0.2, 0) is 9.53 Å². The maximum Gasteiger partial charge on any atom is 0.407 e. The fourth-order valence-electron chi connectivity index (χ4n) is 8.34. The van der Waals surface area contributed by atoms with Gasteiger partial charge in [0.2, 0.25) is 5.91 Å². The molecule has 1 spiro atoms. The van der Waals surface area contributed by atoms with Gasteiger partial charge in [-0.3, -0.25) is 4.79 Å². The molecule has 3 aromatic carbocycles. The lowest BCUT2D eigenvalue weighted by molar-refractivity contribution is -0.133. The number of amides is 2. The number of likely N-dealkylation sites (tertiary alicyclic amines) is 1. The summed E-state index contributed by atoms with van der Waals surface area (Å²) in [6.45, 7) is 16.7. The molecule has 2 aromatic heterocycles. The monoisotopic (exact) mass is 771 g/mol. The van der Waals surface area contributed by atoms with Crippen LogP contribution in [0, 0.1) is 16.7 Å². The van der Waals surface area contributed by atoms with Crippen LogP contribution in [0.2, 0.25) is 0 Å². The number of rotatable bonds is 10. The maximum absolute atomic E-state index is 13.1. The number of alkyl carbamates (subject to hydrolysis) is 1. The molecule has 3 atom stereocenters. The summed E-state index contributed by atoms with van der Waals surface area (Å²) in [6.07, 6.45) is 7.40. The van der Waals surface area contributed by atoms with Crippen LogP contribution in [0.5, 0.6) is 0 Å². The van der Waals surface area contributed by atoms with Crippen molar-refractivity contribution < 1.29 is 14.3 Å². The van der Waals surface area contributed by atoms with Gasteiger partial charge in [-0.25, -0.2) is 14.8 Å². The second-order valence-electron chi connectivity index (χ2n) is 17.5. The van der Waals surface area contributed by atoms with Gasteiger partial charge in [0.25, 0.3) is 0 Å². The first kappa shape index (κ1) is 37.9. The molecule has 8 rings (SSSR count). The molecule has 10 nitrogen and oxygen atoms in total. The summed E-state index contributed by atoms with van der Waals surface area (Å²) in [6, 6.07) is 21.5. The molecule has 2 saturated heterocycles. The standard InChI is InChI=1S/C45H53N7O3S/c1-27(2)39(50-43(54)55-7)28(3)52-26-45(16-17-45)22-37(52)40-46-25-36(48-40)34-15-14-32-20-31(12-13-33(32)21-34)29-8-10-30(11-9-29)35-24-47-41(49-35)42-51(18-19-56-42)38(53)23-44(4,5)6/h8-15,20-21,24-25,27,37,39,42H,3,16-19,22-23,26H2,1-2,4-7H3,(H,46,48)(H,47,49)(H,50,54)/t37-,39-,42-/m0/s1. The molecule has 56 heavy (non-hydrogen) atoms. The van der Waals surface area contributed by atoms with Crippen LogP contribution in [0.25, 0.3) is 44.4 Å². The summed E-state index contributed by atoms with van der Waals surface area (Å²) in [7, 11) is 1.39. The summed E-state index contributed by atoms with van der Waals surface area (Å²) in [4.78, 5) is 46.5. The molecular weight excluding hydrogens is 719 g/mol. The topological polar surface area (TPSA) is 119 Å². The third-order valence-corrected chi connectivity index (χ3v) is 12.8. The Morgan fingerprint density at radius 2 is 1.66 bits per heavy atom. The fraction of sp³-hybridized carbons (Fsp3) is 0.422. The molecule has 2 aliphatic heterocycles. The third-order valence-electron chi connectivity index (χ3n) is 11.6. The highest BCUT2D eigenvalue weighted by Crippen LogP contribution is 2.59. The van der Waals surface area contributed by atoms with Crippen LogP contribution in [0.4, 0.5) is 4.79 Å². The summed E-state index contributed by atoms with van der Waals surface area (Å²) in [5.41, 5.74) is 7.41. The summed E-state index contributed by atoms with van der Waals surface area (Å²) >= 11 is 1.77. The van der Waals surface area contributed by atoms with Crippen molar-refractivity contribution >= 4 is 34.5 Å². The van der Waals surface area contributed by atoms with E-state index >= 15 is 0 Å². The lowest BCUT2D eigenvalue weighted by Gasteiger charge is -2.34. The van der Waals surface area contributed by atoms with Gasteiger partial charge in [0.15, 0.2) is 0 Å². The van der Waals surface area contributed by atoms with Crippen LogP contribution < -0.4 is 5.32 Å². The molecule has 2 amide bonds. The number of methoxy groups -OCH3 is 1. The van der Waals surface area contributed by atoms with Gasteiger partial charge in [-0.05, 0) is 75.6 Å². The number of benzene rings is 3. The highest BCUT2D eigenvalue weighted by Gasteiger charge is 2.54. The van der Waals surface area contributed by atoms with Crippen LogP contribution in [0.1, 0.15) is 83.4 Å². The van der Waals surface area contributed by atoms with Gasteiger partial charge in [-0.1, -0.05) is 89.7 Å². The molecule has 0 bridgehead atoms. The second kappa shape index (κ2) is 14.8. The Bertz CT molecular complexity index is 2260. The SMILES string of the molecule is C=C([C@@H](NC(=O)OC)C(C)C)N1CC2(CC2)C[C@H]1c1nc(-c2ccc3cc(-c4ccc(-c5cnc([C@@H]6SCCN6C(=O)CC(C)(C)C)[nH]5)cc4)ccc3c2)c[nH]1. The van der Waals surface area contributed by atoms with Gasteiger partial charge in [0.1, 0.15) is 17.0 Å². The number of carbonyl (C=O) groups is 2. The number of aromatic nitrogens is 4. The van der Waals surface area contributed by atoms with Gasteiger partial charge in [0.05, 0.1) is 36.8 Å². The first-order chi connectivity index (χ1) is 26.8. The quantitative estimate of drug-likeness (QED) is 0.129. The number of nitrogens with one attached hydrogen (secondary N) is 3. The number of carbonyl (C=O) groups excluding carboxylic acids is 2. The van der Waals surface area contributed by atoms with Crippen molar-refractivity contribution in [1.29, 1.82) is 0 Å². The van der Waals surface area contributed by atoms with Gasteiger partial charge in [0, 0.05) is 42.7 Å². The number of aromatic amines is 2. The Morgan fingerprint density at radius 3 is 2.34 bits per heavy atom. The summed E-state index contributed by atoms with van der Waals surface area (Å²) < 4.78 is 4.93. The number of nitrogens with zero attached hydrogens (tertiary/aromatic N) is 4. The van der Waals surface area contributed by atoms with Crippen molar-refractivity contribution in [2.45, 2.75) is 77.8 Å². The van der Waals surface area contributed by atoms with Gasteiger partial charge in [-0.2, -0.15) is 0 Å². The zero-order valence-electron chi connectivity index (χ0n) is 33.3. The Morgan fingerprint density at radius 1 is 0.982 bits per heavy atom. The van der Waals surface area contributed by atoms with Crippen LogP contribution in [0.3, 0.4) is 0 Å². The number of hydrogen-bond donors (Lipinski definition) is 3. The van der Waals surface area contributed by atoms with Crippen molar-refractivity contribution in [3.05, 3.63) is 97.0 Å². The second-order valence-corrected chi connectivity index (χ2v) is 18.6. The molecule has 5 aromatic rings. The van der Waals surface area contributed by atoms with Crippen molar-refractivity contribution in [2.24, 2.45) is 16.7 Å². The Labute approximate surface area is 333 Å². The van der Waals surface area contributed by atoms with E-state index in [1.165, 1.54) is 20.0 Å². The molecule has 292 valence electrons. The number of fused-ring (bicyclic) bond motifs is 1. The maximum atomic E-state index is 13.1. The highest BCUT2D eigenvalue weighted by molar-refractivity contribution is 7.99. The Kier molecular flexibility index (Phi) is 10.0. The zero-order chi connectivity index (χ0) is 39.4. The summed E-state index contributed by atoms with van der Waals surface area (Å²) in [5.74, 6) is 3.02. The minimum Gasteiger partial charge on any atom is -0.453 e. The smallest absolute Gasteiger partial charge is 0.407 e. The van der Waals surface area contributed by atoms with E-state index in [-0.39, 0.29) is 34.7 Å². The first-order valence-corrected chi connectivity index (χ1v) is 20.8. The molecule has 11 heteroatoms. The van der Waals surface area contributed by atoms with E-state index in [2.05, 4.69) is 122 Å². The fourth-order valence-corrected chi connectivity index (χ4v) is 9.54. The molecule has 1 aliphatic carbocycles. The van der Waals surface area contributed by atoms with Gasteiger partial charge < -0.3 is 29.8 Å². The van der Waals surface area contributed by atoms with Crippen LogP contribution >= 0.6 is 11.8 Å². The minimum atomic E-state index is -0.444. The number of ether oxygens (including phenoxy) is 1.